The summed E-state index contributed by atoms with van der Waals surface area (Å²) in [6, 6.07) is 0. The molecule has 0 bridgehead atoms. The molecule has 0 amide bonds. The Balaban J connectivity index is 1.98. The molecule has 108 valence electrons. The van der Waals surface area contributed by atoms with Crippen LogP contribution in [0, 0.1) is 0 Å². The highest BCUT2D eigenvalue weighted by Gasteiger charge is 2.32. The molecule has 1 rings (SSSR count). The molecular formula is C12H22F3NOS. The van der Waals surface area contributed by atoms with Crippen LogP contribution in [0.5, 0.6) is 0 Å². The van der Waals surface area contributed by atoms with E-state index in [2.05, 4.69) is 16.3 Å². The van der Waals surface area contributed by atoms with E-state index < -0.39 is 12.8 Å². The lowest BCUT2D eigenvalue weighted by atomic mass is 10.1. The minimum absolute atomic E-state index is 0.165. The first-order valence-electron chi connectivity index (χ1n) is 6.38. The van der Waals surface area contributed by atoms with E-state index >= 15 is 0 Å². The van der Waals surface area contributed by atoms with E-state index in [-0.39, 0.29) is 6.61 Å². The molecule has 1 N–H and O–H groups in total. The van der Waals surface area contributed by atoms with Gasteiger partial charge in [-0.15, -0.1) is 0 Å². The molecule has 0 saturated heterocycles. The van der Waals surface area contributed by atoms with Crippen molar-refractivity contribution in [2.24, 2.45) is 0 Å². The fourth-order valence-corrected chi connectivity index (χ4v) is 3.22. The van der Waals surface area contributed by atoms with Gasteiger partial charge in [0.25, 0.3) is 0 Å². The zero-order valence-corrected chi connectivity index (χ0v) is 11.6. The molecular weight excluding hydrogens is 263 g/mol. The first kappa shape index (κ1) is 16.1. The highest BCUT2D eigenvalue weighted by atomic mass is 32.2. The van der Waals surface area contributed by atoms with Gasteiger partial charge in [-0.2, -0.15) is 24.9 Å². The van der Waals surface area contributed by atoms with E-state index in [1.165, 1.54) is 25.7 Å². The van der Waals surface area contributed by atoms with Crippen molar-refractivity contribution < 1.29 is 17.9 Å². The Morgan fingerprint density at radius 1 is 1.28 bits per heavy atom. The SMILES string of the molecule is CSC1(CNCCCOCC(F)(F)F)CCCC1. The summed E-state index contributed by atoms with van der Waals surface area (Å²) >= 11 is 1.91. The van der Waals surface area contributed by atoms with Crippen LogP contribution in [0.3, 0.4) is 0 Å². The summed E-state index contributed by atoms with van der Waals surface area (Å²) in [5, 5.41) is 3.33. The number of hydrogen-bond donors (Lipinski definition) is 1. The van der Waals surface area contributed by atoms with Crippen molar-refractivity contribution in [1.29, 1.82) is 0 Å². The van der Waals surface area contributed by atoms with Gasteiger partial charge in [-0.05, 0) is 32.1 Å². The van der Waals surface area contributed by atoms with Crippen LogP contribution >= 0.6 is 11.8 Å². The lowest BCUT2D eigenvalue weighted by Crippen LogP contribution is -2.35. The van der Waals surface area contributed by atoms with Crippen molar-refractivity contribution in [2.75, 3.05) is 32.6 Å². The van der Waals surface area contributed by atoms with Gasteiger partial charge >= 0.3 is 6.18 Å². The van der Waals surface area contributed by atoms with Crippen molar-refractivity contribution in [3.8, 4) is 0 Å². The lowest BCUT2D eigenvalue weighted by molar-refractivity contribution is -0.173. The van der Waals surface area contributed by atoms with Crippen LogP contribution in [0.4, 0.5) is 13.2 Å². The first-order chi connectivity index (χ1) is 8.47. The number of rotatable bonds is 8. The van der Waals surface area contributed by atoms with Crippen LogP contribution in [0.1, 0.15) is 32.1 Å². The van der Waals surface area contributed by atoms with Crippen molar-refractivity contribution in [2.45, 2.75) is 43.0 Å². The Hall–Kier alpha value is 0.0600. The molecule has 0 aromatic heterocycles. The maximum absolute atomic E-state index is 11.8. The summed E-state index contributed by atoms with van der Waals surface area (Å²) in [6.07, 6.45) is 3.62. The second-order valence-electron chi connectivity index (χ2n) is 4.79. The Labute approximate surface area is 111 Å². The van der Waals surface area contributed by atoms with Gasteiger partial charge in [0.1, 0.15) is 6.61 Å². The van der Waals surface area contributed by atoms with Gasteiger partial charge in [-0.1, -0.05) is 12.8 Å². The molecule has 0 aromatic rings. The van der Waals surface area contributed by atoms with E-state index in [1.54, 1.807) is 0 Å². The number of hydrogen-bond acceptors (Lipinski definition) is 3. The van der Waals surface area contributed by atoms with Gasteiger partial charge in [0.2, 0.25) is 0 Å². The van der Waals surface area contributed by atoms with Crippen molar-refractivity contribution in [3.05, 3.63) is 0 Å². The third-order valence-corrected chi connectivity index (χ3v) is 4.72. The van der Waals surface area contributed by atoms with Gasteiger partial charge < -0.3 is 10.1 Å². The summed E-state index contributed by atoms with van der Waals surface area (Å²) < 4.78 is 40.3. The normalized spacial score (nSPS) is 19.3. The quantitative estimate of drug-likeness (QED) is 0.692. The van der Waals surface area contributed by atoms with Crippen LogP contribution in [0.15, 0.2) is 0 Å². The molecule has 0 unspecified atom stereocenters. The van der Waals surface area contributed by atoms with Crippen LogP contribution in [0.2, 0.25) is 0 Å². The smallest absolute Gasteiger partial charge is 0.372 e. The average Bonchev–Trinajstić information content (AvgIpc) is 2.76. The highest BCUT2D eigenvalue weighted by molar-refractivity contribution is 8.00. The van der Waals surface area contributed by atoms with Crippen molar-refractivity contribution in [3.63, 3.8) is 0 Å². The average molecular weight is 285 g/mol. The third-order valence-electron chi connectivity index (χ3n) is 3.30. The number of halogens is 3. The third kappa shape index (κ3) is 6.29. The molecule has 18 heavy (non-hydrogen) atoms. The standard InChI is InChI=1S/C12H22F3NOS/c1-18-11(5-2-3-6-11)9-16-7-4-8-17-10-12(13,14)15/h16H,2-10H2,1H3. The summed E-state index contributed by atoms with van der Waals surface area (Å²) in [7, 11) is 0. The van der Waals surface area contributed by atoms with Crippen LogP contribution in [-0.2, 0) is 4.74 Å². The Bertz CT molecular complexity index is 230. The summed E-state index contributed by atoms with van der Waals surface area (Å²) in [6.45, 7) is 0.703. The van der Waals surface area contributed by atoms with Crippen LogP contribution in [0.25, 0.3) is 0 Å². The van der Waals surface area contributed by atoms with E-state index in [9.17, 15) is 13.2 Å². The highest BCUT2D eigenvalue weighted by Crippen LogP contribution is 2.39. The summed E-state index contributed by atoms with van der Waals surface area (Å²) in [4.78, 5) is 0. The van der Waals surface area contributed by atoms with Gasteiger partial charge in [0.15, 0.2) is 0 Å². The summed E-state index contributed by atoms with van der Waals surface area (Å²) in [5.41, 5.74) is 0. The topological polar surface area (TPSA) is 21.3 Å². The van der Waals surface area contributed by atoms with E-state index in [0.717, 1.165) is 13.1 Å². The fraction of sp³-hybridized carbons (Fsp3) is 1.00. The Kier molecular flexibility index (Phi) is 6.81. The first-order valence-corrected chi connectivity index (χ1v) is 7.60. The molecule has 2 nitrogen and oxygen atoms in total. The molecule has 1 saturated carbocycles. The van der Waals surface area contributed by atoms with Gasteiger partial charge in [-0.3, -0.25) is 0 Å². The molecule has 0 aliphatic heterocycles. The molecule has 0 radical (unpaired) electrons. The molecule has 1 aliphatic carbocycles. The summed E-state index contributed by atoms with van der Waals surface area (Å²) in [5.74, 6) is 0. The largest absolute Gasteiger partial charge is 0.411 e. The second-order valence-corrected chi connectivity index (χ2v) is 6.07. The maximum Gasteiger partial charge on any atom is 0.411 e. The van der Waals surface area contributed by atoms with Gasteiger partial charge in [-0.25, -0.2) is 0 Å². The Morgan fingerprint density at radius 2 is 1.94 bits per heavy atom. The lowest BCUT2D eigenvalue weighted by Gasteiger charge is -2.27. The van der Waals surface area contributed by atoms with Crippen LogP contribution < -0.4 is 5.32 Å². The number of thioether (sulfide) groups is 1. The zero-order chi connectivity index (χ0) is 13.5. The Morgan fingerprint density at radius 3 is 2.50 bits per heavy atom. The van der Waals surface area contributed by atoms with E-state index in [4.69, 9.17) is 0 Å². The molecule has 0 aromatic carbocycles. The minimum Gasteiger partial charge on any atom is -0.372 e. The zero-order valence-electron chi connectivity index (χ0n) is 10.8. The molecule has 0 spiro atoms. The van der Waals surface area contributed by atoms with E-state index in [0.29, 0.717) is 11.2 Å². The maximum atomic E-state index is 11.8. The van der Waals surface area contributed by atoms with Gasteiger partial charge in [0, 0.05) is 17.9 Å². The molecule has 1 fully saturated rings. The molecule has 0 heterocycles. The van der Waals surface area contributed by atoms with Crippen molar-refractivity contribution in [1.82, 2.24) is 5.32 Å². The van der Waals surface area contributed by atoms with Crippen molar-refractivity contribution >= 4 is 11.8 Å². The minimum atomic E-state index is -4.21. The predicted octanol–water partition coefficient (Wildman–Crippen LogP) is 3.22. The monoisotopic (exact) mass is 285 g/mol. The number of nitrogens with one attached hydrogen (secondary N) is 1. The fourth-order valence-electron chi connectivity index (χ4n) is 2.28. The second kappa shape index (κ2) is 7.60. The number of ether oxygens (including phenoxy) is 1. The van der Waals surface area contributed by atoms with E-state index in [1.807, 2.05) is 11.8 Å². The number of alkyl halides is 3. The molecule has 6 heteroatoms. The van der Waals surface area contributed by atoms with Gasteiger partial charge in [0.05, 0.1) is 0 Å². The predicted molar refractivity (Wildman–Crippen MR) is 69.1 cm³/mol. The van der Waals surface area contributed by atoms with Crippen LogP contribution in [-0.4, -0.2) is 43.5 Å². The molecule has 1 aliphatic rings. The molecule has 0 atom stereocenters.